The number of carbonyl (C=O) groups is 2. The maximum Gasteiger partial charge on any atom is 0.253 e. The van der Waals surface area contributed by atoms with Crippen LogP contribution in [0.5, 0.6) is 0 Å². The Morgan fingerprint density at radius 1 is 0.844 bits per heavy atom. The molecular formula is C35H35ClFN5O2S. The van der Waals surface area contributed by atoms with Crippen molar-refractivity contribution >= 4 is 46.6 Å². The fraction of sp³-hybridized carbons (Fsp3) is 0.314. The summed E-state index contributed by atoms with van der Waals surface area (Å²) >= 11 is 7.91. The Kier molecular flexibility index (Phi) is 9.37. The monoisotopic (exact) mass is 643 g/mol. The molecule has 3 heterocycles. The van der Waals surface area contributed by atoms with Gasteiger partial charge in [-0.2, -0.15) is 0 Å². The molecule has 0 saturated carbocycles. The van der Waals surface area contributed by atoms with Gasteiger partial charge in [-0.25, -0.2) is 14.4 Å². The first kappa shape index (κ1) is 31.0. The van der Waals surface area contributed by atoms with Crippen molar-refractivity contribution in [3.63, 3.8) is 0 Å². The highest BCUT2D eigenvalue weighted by Gasteiger charge is 2.40. The molecule has 232 valence electrons. The molecule has 1 aromatic heterocycles. The molecule has 2 aliphatic heterocycles. The average Bonchev–Trinajstić information content (AvgIpc) is 3.07. The van der Waals surface area contributed by atoms with Crippen molar-refractivity contribution in [2.45, 2.75) is 36.1 Å². The van der Waals surface area contributed by atoms with Gasteiger partial charge in [0.15, 0.2) is 5.16 Å². The molecule has 0 unspecified atom stereocenters. The van der Waals surface area contributed by atoms with Crippen LogP contribution in [0.25, 0.3) is 0 Å². The van der Waals surface area contributed by atoms with Crippen LogP contribution in [0.3, 0.4) is 0 Å². The van der Waals surface area contributed by atoms with E-state index in [0.717, 1.165) is 16.9 Å². The van der Waals surface area contributed by atoms with E-state index < -0.39 is 5.41 Å². The number of rotatable bonds is 8. The van der Waals surface area contributed by atoms with Gasteiger partial charge in [-0.1, -0.05) is 78.0 Å². The third-order valence-corrected chi connectivity index (χ3v) is 10.0. The van der Waals surface area contributed by atoms with E-state index in [4.69, 9.17) is 16.6 Å². The summed E-state index contributed by atoms with van der Waals surface area (Å²) < 4.78 is 14.2. The summed E-state index contributed by atoms with van der Waals surface area (Å²) in [6.45, 7) is 5.28. The van der Waals surface area contributed by atoms with Gasteiger partial charge in [0.25, 0.3) is 5.91 Å². The zero-order valence-corrected chi connectivity index (χ0v) is 26.7. The highest BCUT2D eigenvalue weighted by molar-refractivity contribution is 7.98. The molecule has 0 atom stereocenters. The number of Topliss-reactive ketones (excluding diaryl/α,β-unsaturated/α-hetero) is 1. The van der Waals surface area contributed by atoms with Gasteiger partial charge < -0.3 is 14.7 Å². The summed E-state index contributed by atoms with van der Waals surface area (Å²) in [4.78, 5) is 41.4. The predicted octanol–water partition coefficient (Wildman–Crippen LogP) is 6.65. The summed E-state index contributed by atoms with van der Waals surface area (Å²) in [7, 11) is 0. The van der Waals surface area contributed by atoms with Gasteiger partial charge in [-0.3, -0.25) is 9.59 Å². The molecule has 7 nitrogen and oxygen atoms in total. The smallest absolute Gasteiger partial charge is 0.253 e. The fourth-order valence-electron chi connectivity index (χ4n) is 6.31. The first-order valence-electron chi connectivity index (χ1n) is 15.2. The summed E-state index contributed by atoms with van der Waals surface area (Å²) in [5.41, 5.74) is 2.77. The first-order chi connectivity index (χ1) is 21.8. The van der Waals surface area contributed by atoms with Crippen LogP contribution in [0, 0.1) is 5.82 Å². The molecule has 4 aromatic rings. The second-order valence-electron chi connectivity index (χ2n) is 11.5. The third-order valence-electron chi connectivity index (χ3n) is 8.90. The molecule has 6 rings (SSSR count). The van der Waals surface area contributed by atoms with Crippen molar-refractivity contribution < 1.29 is 14.0 Å². The lowest BCUT2D eigenvalue weighted by Gasteiger charge is -2.41. The molecule has 2 aliphatic rings. The minimum Gasteiger partial charge on any atom is -0.366 e. The molecule has 1 amide bonds. The predicted molar refractivity (Wildman–Crippen MR) is 178 cm³/mol. The fourth-order valence-corrected chi connectivity index (χ4v) is 7.34. The summed E-state index contributed by atoms with van der Waals surface area (Å²) in [5.74, 6) is 1.24. The van der Waals surface area contributed by atoms with E-state index in [1.54, 1.807) is 25.1 Å². The first-order valence-corrected chi connectivity index (χ1v) is 16.6. The number of amides is 1. The number of ketones is 1. The number of anilines is 2. The maximum absolute atomic E-state index is 14.2. The van der Waals surface area contributed by atoms with Crippen LogP contribution >= 0.6 is 23.4 Å². The number of thioether (sulfide) groups is 1. The molecule has 0 N–H and O–H groups in total. The van der Waals surface area contributed by atoms with Crippen LogP contribution in [-0.4, -0.2) is 65.8 Å². The number of aromatic nitrogens is 2. The number of piperidine rings is 1. The number of hydrogen-bond acceptors (Lipinski definition) is 7. The molecule has 45 heavy (non-hydrogen) atoms. The van der Waals surface area contributed by atoms with Crippen LogP contribution in [0.4, 0.5) is 15.9 Å². The topological polar surface area (TPSA) is 69.6 Å². The average molecular weight is 644 g/mol. The Balaban J connectivity index is 1.07. The lowest BCUT2D eigenvalue weighted by atomic mass is 9.70. The Hall–Kier alpha value is -3.95. The van der Waals surface area contributed by atoms with Gasteiger partial charge in [0.1, 0.15) is 22.6 Å². The van der Waals surface area contributed by atoms with Crippen LogP contribution in [0.2, 0.25) is 5.15 Å². The molecule has 0 radical (unpaired) electrons. The lowest BCUT2D eigenvalue weighted by molar-refractivity contribution is -0.123. The lowest BCUT2D eigenvalue weighted by Crippen LogP contribution is -2.49. The van der Waals surface area contributed by atoms with Crippen LogP contribution < -0.4 is 9.80 Å². The van der Waals surface area contributed by atoms with Crippen molar-refractivity contribution in [1.29, 1.82) is 0 Å². The number of piperazine rings is 1. The molecule has 0 aliphatic carbocycles. The van der Waals surface area contributed by atoms with Crippen molar-refractivity contribution in [3.05, 3.63) is 113 Å². The van der Waals surface area contributed by atoms with Crippen molar-refractivity contribution in [2.24, 2.45) is 0 Å². The van der Waals surface area contributed by atoms with Gasteiger partial charge in [0.2, 0.25) is 0 Å². The number of hydrogen-bond donors (Lipinski definition) is 0. The van der Waals surface area contributed by atoms with Gasteiger partial charge in [0, 0.05) is 56.7 Å². The van der Waals surface area contributed by atoms with Crippen molar-refractivity contribution in [3.8, 4) is 0 Å². The van der Waals surface area contributed by atoms with Crippen LogP contribution in [0.15, 0.2) is 90.1 Å². The van der Waals surface area contributed by atoms with E-state index in [2.05, 4.69) is 9.88 Å². The van der Waals surface area contributed by atoms with Gasteiger partial charge in [-0.05, 0) is 55.2 Å². The molecule has 3 aromatic carbocycles. The largest absolute Gasteiger partial charge is 0.366 e. The number of para-hydroxylation sites is 1. The van der Waals surface area contributed by atoms with E-state index in [1.807, 2.05) is 70.5 Å². The standard InChI is InChI=1S/C35H35ClFN5O2S/c1-25(43)35(28-10-3-2-4-11-28)14-16-41(17-15-35)32-23-31(36)38-34(39-32)45-24-26-8-7-9-27(22-26)33(44)42-20-18-40(19-21-42)30-13-6-5-12-29(30)37/h2-13,22-23H,14-21,24H2,1H3. The van der Waals surface area contributed by atoms with E-state index in [9.17, 15) is 14.0 Å². The number of nitrogens with zero attached hydrogens (tertiary/aromatic N) is 5. The summed E-state index contributed by atoms with van der Waals surface area (Å²) in [6, 6.07) is 26.2. The van der Waals surface area contributed by atoms with Gasteiger partial charge in [0.05, 0.1) is 11.1 Å². The zero-order chi connectivity index (χ0) is 31.4. The van der Waals surface area contributed by atoms with Gasteiger partial charge in [-0.15, -0.1) is 0 Å². The molecule has 2 fully saturated rings. The molecule has 10 heteroatoms. The van der Waals surface area contributed by atoms with Crippen LogP contribution in [0.1, 0.15) is 41.3 Å². The van der Waals surface area contributed by atoms with Crippen molar-refractivity contribution in [1.82, 2.24) is 14.9 Å². The third kappa shape index (κ3) is 6.84. The second kappa shape index (κ2) is 13.6. The molecule has 0 spiro atoms. The number of benzene rings is 3. The van der Waals surface area contributed by atoms with Gasteiger partial charge >= 0.3 is 0 Å². The molecular weight excluding hydrogens is 609 g/mol. The van der Waals surface area contributed by atoms with E-state index in [0.29, 0.717) is 79.4 Å². The highest BCUT2D eigenvalue weighted by Crippen LogP contribution is 2.38. The van der Waals surface area contributed by atoms with Crippen molar-refractivity contribution in [2.75, 3.05) is 49.1 Å². The second-order valence-corrected chi connectivity index (χ2v) is 12.9. The van der Waals surface area contributed by atoms with Crippen LogP contribution in [-0.2, 0) is 16.0 Å². The van der Waals surface area contributed by atoms with E-state index in [1.165, 1.54) is 17.8 Å². The minimum absolute atomic E-state index is 0.0291. The Morgan fingerprint density at radius 3 is 2.27 bits per heavy atom. The summed E-state index contributed by atoms with van der Waals surface area (Å²) in [5, 5.41) is 0.928. The number of halogens is 2. The zero-order valence-electron chi connectivity index (χ0n) is 25.2. The SMILES string of the molecule is CC(=O)C1(c2ccccc2)CCN(c2cc(Cl)nc(SCc3cccc(C(=O)N4CCN(c5ccccc5F)CC4)c3)n2)CC1. The van der Waals surface area contributed by atoms with E-state index >= 15 is 0 Å². The molecule has 0 bridgehead atoms. The van der Waals surface area contributed by atoms with E-state index in [-0.39, 0.29) is 17.5 Å². The maximum atomic E-state index is 14.2. The molecule has 2 saturated heterocycles. The Labute approximate surface area is 272 Å². The Morgan fingerprint density at radius 2 is 1.56 bits per heavy atom. The quantitative estimate of drug-likeness (QED) is 0.121. The Bertz CT molecular complexity index is 1670. The normalized spacial score (nSPS) is 16.5. The summed E-state index contributed by atoms with van der Waals surface area (Å²) in [6.07, 6.45) is 1.41. The highest BCUT2D eigenvalue weighted by atomic mass is 35.5. The minimum atomic E-state index is -0.484. The number of carbonyl (C=O) groups excluding carboxylic acids is 2.